The SMILES string of the molecule is CCC(C)(C)C(=O)OC(C)(C)C1CC2CCC1C2.CCC(C)(C)C(=O)OCC(=O)OC(C)(C)C.CCC(C)(C)C(=O)OCC(=O)OC(C)(C)C(C)C.CCC(C)C(=O)OCC(=O)OC(C)(C)CC.CCC1(OC(=O)C(C)(C)CC)CCCC1.CCCC1(OC(=O)C(C)CC)CC2CC1C1C3CCC(C3)C21. The maximum absolute atomic E-state index is 12.5. The van der Waals surface area contributed by atoms with Crippen LogP contribution >= 0.6 is 0 Å². The van der Waals surface area contributed by atoms with Gasteiger partial charge < -0.3 is 42.6 Å². The highest BCUT2D eigenvalue weighted by Gasteiger charge is 2.68. The summed E-state index contributed by atoms with van der Waals surface area (Å²) in [6.45, 7) is 56.8. The lowest BCUT2D eigenvalue weighted by Crippen LogP contribution is -2.48. The van der Waals surface area contributed by atoms with Crippen molar-refractivity contribution in [1.82, 2.24) is 0 Å². The number of fused-ring (bicyclic) bond motifs is 11. The van der Waals surface area contributed by atoms with E-state index in [0.717, 1.165) is 99.2 Å². The predicted molar refractivity (Wildman–Crippen MR) is 414 cm³/mol. The second-order valence-electron chi connectivity index (χ2n) is 37.7. The predicted octanol–water partition coefficient (Wildman–Crippen LogP) is 20.2. The van der Waals surface area contributed by atoms with Crippen LogP contribution in [0.5, 0.6) is 0 Å². The van der Waals surface area contributed by atoms with Crippen molar-refractivity contribution in [2.75, 3.05) is 19.8 Å². The van der Waals surface area contributed by atoms with Crippen LogP contribution in [0.2, 0.25) is 0 Å². The number of ether oxygens (including phenoxy) is 9. The van der Waals surface area contributed by atoms with Gasteiger partial charge in [0.1, 0.15) is 33.6 Å². The molecule has 0 aromatic rings. The summed E-state index contributed by atoms with van der Waals surface area (Å²) in [7, 11) is 0. The molecule has 12 unspecified atom stereocenters. The molecule has 610 valence electrons. The molecule has 0 heterocycles. The molecule has 7 saturated carbocycles. The van der Waals surface area contributed by atoms with Gasteiger partial charge in [-0.2, -0.15) is 0 Å². The number of hydrogen-bond acceptors (Lipinski definition) is 18. The average Bonchev–Trinajstić information content (AvgIpc) is 1.53. The van der Waals surface area contributed by atoms with E-state index in [1.807, 2.05) is 118 Å². The fraction of sp³-hybridized carbons (Fsp3) is 0.897. The third kappa shape index (κ3) is 28.9. The van der Waals surface area contributed by atoms with E-state index in [9.17, 15) is 43.2 Å². The fourth-order valence-electron chi connectivity index (χ4n) is 15.4. The first-order chi connectivity index (χ1) is 48.2. The van der Waals surface area contributed by atoms with E-state index in [0.29, 0.717) is 31.1 Å². The Bertz CT molecular complexity index is 2770. The molecule has 7 aliphatic carbocycles. The minimum absolute atomic E-state index is 0.0197. The van der Waals surface area contributed by atoms with Gasteiger partial charge in [0.25, 0.3) is 0 Å². The van der Waals surface area contributed by atoms with Crippen molar-refractivity contribution in [3.63, 3.8) is 0 Å². The largest absolute Gasteiger partial charge is 0.459 e. The van der Waals surface area contributed by atoms with Gasteiger partial charge in [-0.15, -0.1) is 0 Å². The normalized spacial score (nSPS) is 24.7. The van der Waals surface area contributed by atoms with Gasteiger partial charge in [0.2, 0.25) is 0 Å². The Morgan fingerprint density at radius 1 is 0.429 bits per heavy atom. The van der Waals surface area contributed by atoms with Crippen LogP contribution in [0, 0.1) is 92.7 Å². The highest BCUT2D eigenvalue weighted by atomic mass is 16.6. The third-order valence-corrected chi connectivity index (χ3v) is 25.5. The summed E-state index contributed by atoms with van der Waals surface area (Å²) in [6.07, 6.45) is 25.3. The molecule has 0 spiro atoms. The fourth-order valence-corrected chi connectivity index (χ4v) is 15.4. The van der Waals surface area contributed by atoms with Gasteiger partial charge in [-0.05, 0) is 300 Å². The molecule has 6 bridgehead atoms. The Hall–Kier alpha value is -4.77. The first-order valence-corrected chi connectivity index (χ1v) is 41.1. The molecular formula is C87H154O18. The molecular weight excluding hydrogens is 1330 g/mol. The summed E-state index contributed by atoms with van der Waals surface area (Å²) in [5.74, 6) is 5.18. The molecule has 18 heteroatoms. The van der Waals surface area contributed by atoms with E-state index in [4.69, 9.17) is 42.6 Å². The lowest BCUT2D eigenvalue weighted by Gasteiger charge is -2.46. The number of hydrogen-bond donors (Lipinski definition) is 0. The van der Waals surface area contributed by atoms with Gasteiger partial charge in [-0.1, -0.05) is 103 Å². The average molecular weight is 1490 g/mol. The summed E-state index contributed by atoms with van der Waals surface area (Å²) >= 11 is 0. The van der Waals surface area contributed by atoms with E-state index in [1.54, 1.807) is 55.4 Å². The standard InChI is InChI=1S/C20H32O2.C16H28O2.C14H26O4.C13H24O2.2C12H22O4/c1-4-8-20(22-19(21)12(3)5-2)11-15-10-16(20)18-14-7-6-13(9-14)17(15)18;1-6-15(2,3)14(17)18-16(4,5)13-10-11-7-8-12(13)9-11;1-8-13(4,5)12(16)17-9-11(15)18-14(6,7)10(2)3;1-5-12(3,4)11(14)15-13(6-2)9-7-8-10-13;1-7-12(5,6)10(14)15-8-9(13)16-11(2,3)4;1-6-9(3)11(14)15-8-10(13)16-12(4,5)7-2/h12-18H,4-11H2,1-3H3;11-13H,6-10H2,1-5H3;10H,8-9H2,1-7H3;5-10H2,1-4H3;7-8H2,1-6H3;9H,6-8H2,1-5H3. The van der Waals surface area contributed by atoms with Crippen molar-refractivity contribution in [3.8, 4) is 0 Å². The van der Waals surface area contributed by atoms with E-state index < -0.39 is 45.5 Å². The molecule has 18 nitrogen and oxygen atoms in total. The number of rotatable bonds is 29. The van der Waals surface area contributed by atoms with Crippen LogP contribution in [0.1, 0.15) is 355 Å². The van der Waals surface area contributed by atoms with E-state index >= 15 is 0 Å². The van der Waals surface area contributed by atoms with Crippen molar-refractivity contribution < 1.29 is 85.8 Å². The van der Waals surface area contributed by atoms with Crippen LogP contribution < -0.4 is 0 Å². The number of esters is 9. The Morgan fingerprint density at radius 3 is 1.30 bits per heavy atom. The maximum Gasteiger partial charge on any atom is 0.344 e. The highest BCUT2D eigenvalue weighted by Crippen LogP contribution is 2.71. The lowest BCUT2D eigenvalue weighted by atomic mass is 9.64. The zero-order valence-corrected chi connectivity index (χ0v) is 72.2. The molecule has 0 radical (unpaired) electrons. The van der Waals surface area contributed by atoms with Gasteiger partial charge in [-0.3, -0.25) is 28.8 Å². The van der Waals surface area contributed by atoms with Crippen LogP contribution in [-0.2, 0) is 85.8 Å². The molecule has 0 aromatic heterocycles. The summed E-state index contributed by atoms with van der Waals surface area (Å²) in [6, 6.07) is 0. The van der Waals surface area contributed by atoms with Crippen molar-refractivity contribution in [2.45, 2.75) is 389 Å². The number of carbonyl (C=O) groups excluding carboxylic acids is 9. The van der Waals surface area contributed by atoms with Crippen molar-refractivity contribution in [2.24, 2.45) is 92.7 Å². The smallest absolute Gasteiger partial charge is 0.344 e. The zero-order chi connectivity index (χ0) is 80.9. The summed E-state index contributed by atoms with van der Waals surface area (Å²) < 4.78 is 48.1. The molecule has 105 heavy (non-hydrogen) atoms. The lowest BCUT2D eigenvalue weighted by molar-refractivity contribution is -0.178. The Kier molecular flexibility index (Phi) is 37.4. The molecule has 12 atom stereocenters. The van der Waals surface area contributed by atoms with Crippen molar-refractivity contribution >= 4 is 53.7 Å². The quantitative estimate of drug-likeness (QED) is 0.0384. The van der Waals surface area contributed by atoms with Crippen LogP contribution in [-0.4, -0.2) is 107 Å². The van der Waals surface area contributed by atoms with Gasteiger partial charge in [0.15, 0.2) is 19.8 Å². The molecule has 0 amide bonds. The number of carbonyl (C=O) groups is 9. The monoisotopic (exact) mass is 1490 g/mol. The van der Waals surface area contributed by atoms with Crippen LogP contribution in [0.4, 0.5) is 0 Å². The van der Waals surface area contributed by atoms with Gasteiger partial charge in [-0.25, -0.2) is 14.4 Å². The van der Waals surface area contributed by atoms with Crippen LogP contribution in [0.15, 0.2) is 0 Å². The highest BCUT2D eigenvalue weighted by molar-refractivity contribution is 5.81. The zero-order valence-electron chi connectivity index (χ0n) is 72.2. The molecule has 0 saturated heterocycles. The molecule has 0 aromatic carbocycles. The molecule has 7 rings (SSSR count). The van der Waals surface area contributed by atoms with Gasteiger partial charge in [0, 0.05) is 11.8 Å². The van der Waals surface area contributed by atoms with Crippen LogP contribution in [0.3, 0.4) is 0 Å². The van der Waals surface area contributed by atoms with Gasteiger partial charge in [0.05, 0.1) is 33.5 Å². The molecule has 7 fully saturated rings. The summed E-state index contributed by atoms with van der Waals surface area (Å²) in [4.78, 5) is 105. The van der Waals surface area contributed by atoms with E-state index in [2.05, 4.69) is 34.6 Å². The maximum atomic E-state index is 12.5. The minimum atomic E-state index is -0.562. The van der Waals surface area contributed by atoms with Gasteiger partial charge >= 0.3 is 53.7 Å². The van der Waals surface area contributed by atoms with Crippen molar-refractivity contribution in [1.29, 1.82) is 0 Å². The van der Waals surface area contributed by atoms with E-state index in [1.165, 1.54) is 70.6 Å². The van der Waals surface area contributed by atoms with Crippen molar-refractivity contribution in [3.05, 3.63) is 0 Å². The molecule has 7 aliphatic rings. The third-order valence-electron chi connectivity index (χ3n) is 25.5. The second-order valence-corrected chi connectivity index (χ2v) is 37.7. The second kappa shape index (κ2) is 40.8. The Morgan fingerprint density at radius 2 is 0.876 bits per heavy atom. The van der Waals surface area contributed by atoms with Crippen LogP contribution in [0.25, 0.3) is 0 Å². The topological polar surface area (TPSA) is 237 Å². The summed E-state index contributed by atoms with van der Waals surface area (Å²) in [5.41, 5.74) is -3.92. The first-order valence-electron chi connectivity index (χ1n) is 41.1. The minimum Gasteiger partial charge on any atom is -0.459 e. The molecule has 0 N–H and O–H groups in total. The molecule has 0 aliphatic heterocycles. The summed E-state index contributed by atoms with van der Waals surface area (Å²) in [5, 5.41) is 0. The Labute approximate surface area is 638 Å². The Balaban J connectivity index is 0.000000431. The van der Waals surface area contributed by atoms with E-state index in [-0.39, 0.29) is 101 Å². The first kappa shape index (κ1) is 96.3.